The molecule has 0 saturated carbocycles. The third kappa shape index (κ3) is 3.16. The van der Waals surface area contributed by atoms with Gasteiger partial charge in [-0.25, -0.2) is 4.98 Å². The first-order chi connectivity index (χ1) is 12.6. The van der Waals surface area contributed by atoms with Crippen LogP contribution >= 0.6 is 23.2 Å². The molecule has 2 N–H and O–H groups in total. The predicted molar refractivity (Wildman–Crippen MR) is 103 cm³/mol. The molecule has 0 atom stereocenters. The second kappa shape index (κ2) is 6.82. The summed E-state index contributed by atoms with van der Waals surface area (Å²) in [6, 6.07) is 16.3. The summed E-state index contributed by atoms with van der Waals surface area (Å²) in [7, 11) is 0. The Balaban J connectivity index is 1.66. The van der Waals surface area contributed by atoms with Crippen molar-refractivity contribution in [1.29, 1.82) is 0 Å². The van der Waals surface area contributed by atoms with Gasteiger partial charge in [0.15, 0.2) is 0 Å². The number of fused-ring (bicyclic) bond motifs is 1. The summed E-state index contributed by atoms with van der Waals surface area (Å²) in [4.78, 5) is 21.1. The Morgan fingerprint density at radius 2 is 1.73 bits per heavy atom. The van der Waals surface area contributed by atoms with Crippen molar-refractivity contribution in [3.63, 3.8) is 0 Å². The number of benzene rings is 2. The first kappa shape index (κ1) is 16.6. The predicted octanol–water partition coefficient (Wildman–Crippen LogP) is 4.00. The van der Waals surface area contributed by atoms with Gasteiger partial charge in [-0.1, -0.05) is 59.6 Å². The molecule has 0 aliphatic heterocycles. The van der Waals surface area contributed by atoms with Crippen LogP contribution in [-0.4, -0.2) is 19.6 Å². The van der Waals surface area contributed by atoms with Gasteiger partial charge in [0.05, 0.1) is 5.69 Å². The highest BCUT2D eigenvalue weighted by atomic mass is 35.5. The van der Waals surface area contributed by atoms with Gasteiger partial charge < -0.3 is 5.32 Å². The van der Waals surface area contributed by atoms with E-state index in [0.717, 1.165) is 11.1 Å². The second-order valence-electron chi connectivity index (χ2n) is 5.61. The Hall–Kier alpha value is -2.83. The van der Waals surface area contributed by atoms with Crippen molar-refractivity contribution in [2.75, 3.05) is 5.32 Å². The zero-order chi connectivity index (χ0) is 18.1. The van der Waals surface area contributed by atoms with E-state index >= 15 is 0 Å². The third-order valence-electron chi connectivity index (χ3n) is 3.89. The number of hydrogen-bond donors (Lipinski definition) is 2. The molecule has 26 heavy (non-hydrogen) atoms. The number of halogens is 2. The summed E-state index contributed by atoms with van der Waals surface area (Å²) in [5.41, 5.74) is 1.93. The fourth-order valence-electron chi connectivity index (χ4n) is 2.59. The average molecular weight is 386 g/mol. The van der Waals surface area contributed by atoms with Crippen LogP contribution in [0.5, 0.6) is 0 Å². The molecule has 0 aliphatic rings. The number of H-pyrrole nitrogens is 1. The molecule has 0 bridgehead atoms. The monoisotopic (exact) mass is 385 g/mol. The molecule has 0 spiro atoms. The average Bonchev–Trinajstić information content (AvgIpc) is 3.06. The maximum absolute atomic E-state index is 12.4. The zero-order valence-corrected chi connectivity index (χ0v) is 14.9. The minimum atomic E-state index is -0.245. The molecule has 6 nitrogen and oxygen atoms in total. The normalized spacial score (nSPS) is 11.0. The van der Waals surface area contributed by atoms with Crippen LogP contribution < -0.4 is 10.9 Å². The Kier molecular flexibility index (Phi) is 4.36. The Morgan fingerprint density at radius 3 is 2.46 bits per heavy atom. The Bertz CT molecular complexity index is 1120. The second-order valence-corrected chi connectivity index (χ2v) is 6.42. The third-order valence-corrected chi connectivity index (χ3v) is 4.60. The lowest BCUT2D eigenvalue weighted by Crippen LogP contribution is -2.14. The van der Waals surface area contributed by atoms with Crippen LogP contribution in [0.2, 0.25) is 10.0 Å². The van der Waals surface area contributed by atoms with E-state index in [4.69, 9.17) is 23.2 Å². The van der Waals surface area contributed by atoms with Crippen molar-refractivity contribution in [2.45, 2.75) is 6.54 Å². The van der Waals surface area contributed by atoms with E-state index in [-0.39, 0.29) is 11.3 Å². The van der Waals surface area contributed by atoms with Crippen LogP contribution in [0.25, 0.3) is 17.0 Å². The number of nitrogens with zero attached hydrogens (tertiary/aromatic N) is 3. The standard InChI is InChI=1S/C18H13Cl2N5O/c19-13-7-4-8-14(20)12(13)10-21-17-23-18-22-15(9-16(26)25(18)24-17)11-5-2-1-3-6-11/h1-9H,10H2,(H2,21,22,23,24). The van der Waals surface area contributed by atoms with Crippen LogP contribution in [0, 0.1) is 0 Å². The summed E-state index contributed by atoms with van der Waals surface area (Å²) < 4.78 is 1.28. The molecule has 0 fully saturated rings. The molecule has 0 unspecified atom stereocenters. The van der Waals surface area contributed by atoms with Crippen molar-refractivity contribution >= 4 is 34.9 Å². The van der Waals surface area contributed by atoms with Gasteiger partial charge in [0, 0.05) is 33.8 Å². The molecule has 2 heterocycles. The van der Waals surface area contributed by atoms with E-state index < -0.39 is 0 Å². The Labute approximate surface area is 158 Å². The first-order valence-electron chi connectivity index (χ1n) is 7.84. The number of anilines is 1. The highest BCUT2D eigenvalue weighted by Crippen LogP contribution is 2.24. The van der Waals surface area contributed by atoms with Crippen LogP contribution in [-0.2, 0) is 6.54 Å². The van der Waals surface area contributed by atoms with Crippen molar-refractivity contribution < 1.29 is 0 Å². The number of hydrogen-bond acceptors (Lipinski definition) is 4. The van der Waals surface area contributed by atoms with E-state index in [0.29, 0.717) is 28.2 Å². The zero-order valence-electron chi connectivity index (χ0n) is 13.4. The quantitative estimate of drug-likeness (QED) is 0.556. The molecular weight excluding hydrogens is 373 g/mol. The number of aromatic amines is 1. The lowest BCUT2D eigenvalue weighted by molar-refractivity contribution is 0.897. The summed E-state index contributed by atoms with van der Waals surface area (Å²) in [5.74, 6) is 0.680. The van der Waals surface area contributed by atoms with Gasteiger partial charge in [-0.3, -0.25) is 9.89 Å². The molecule has 2 aromatic heterocycles. The smallest absolute Gasteiger partial charge is 0.274 e. The molecule has 0 saturated heterocycles. The van der Waals surface area contributed by atoms with Crippen molar-refractivity contribution in [2.24, 2.45) is 0 Å². The topological polar surface area (TPSA) is 75.1 Å². The molecule has 8 heteroatoms. The summed E-state index contributed by atoms with van der Waals surface area (Å²) in [6.45, 7) is 0.360. The largest absolute Gasteiger partial charge is 0.350 e. The van der Waals surface area contributed by atoms with E-state index in [1.54, 1.807) is 18.2 Å². The van der Waals surface area contributed by atoms with Crippen LogP contribution in [0.1, 0.15) is 5.56 Å². The van der Waals surface area contributed by atoms with E-state index in [9.17, 15) is 4.79 Å². The van der Waals surface area contributed by atoms with Crippen molar-refractivity contribution in [3.8, 4) is 11.3 Å². The number of rotatable bonds is 4. The van der Waals surface area contributed by atoms with Gasteiger partial charge in [0.1, 0.15) is 0 Å². The van der Waals surface area contributed by atoms with Crippen LogP contribution in [0.15, 0.2) is 59.4 Å². The fourth-order valence-corrected chi connectivity index (χ4v) is 3.12. The molecule has 0 amide bonds. The van der Waals surface area contributed by atoms with Crippen LogP contribution in [0.3, 0.4) is 0 Å². The maximum atomic E-state index is 12.4. The summed E-state index contributed by atoms with van der Waals surface area (Å²) in [6.07, 6.45) is 0. The SMILES string of the molecule is O=c1cc(-c2ccccc2)nc2nc(NCc3c(Cl)cccc3Cl)[nH]n12. The summed E-state index contributed by atoms with van der Waals surface area (Å²) >= 11 is 12.3. The van der Waals surface area contributed by atoms with Crippen molar-refractivity contribution in [1.82, 2.24) is 19.6 Å². The van der Waals surface area contributed by atoms with Gasteiger partial charge in [0.2, 0.25) is 5.95 Å². The van der Waals surface area contributed by atoms with Crippen molar-refractivity contribution in [3.05, 3.63) is 80.6 Å². The van der Waals surface area contributed by atoms with Gasteiger partial charge in [-0.05, 0) is 12.1 Å². The molecule has 0 radical (unpaired) electrons. The molecule has 130 valence electrons. The van der Waals surface area contributed by atoms with E-state index in [1.807, 2.05) is 30.3 Å². The fraction of sp³-hybridized carbons (Fsp3) is 0.0556. The molecular formula is C18H13Cl2N5O. The number of aromatic nitrogens is 4. The van der Waals surface area contributed by atoms with Gasteiger partial charge >= 0.3 is 0 Å². The molecule has 2 aromatic carbocycles. The molecule has 0 aliphatic carbocycles. The minimum Gasteiger partial charge on any atom is -0.350 e. The molecule has 4 aromatic rings. The summed E-state index contributed by atoms with van der Waals surface area (Å²) in [5, 5.41) is 7.08. The van der Waals surface area contributed by atoms with Crippen LogP contribution in [0.4, 0.5) is 5.95 Å². The van der Waals surface area contributed by atoms with E-state index in [2.05, 4.69) is 20.4 Å². The first-order valence-corrected chi connectivity index (χ1v) is 8.59. The van der Waals surface area contributed by atoms with Gasteiger partial charge in [-0.2, -0.15) is 9.50 Å². The molecule has 4 rings (SSSR count). The highest BCUT2D eigenvalue weighted by molar-refractivity contribution is 6.36. The minimum absolute atomic E-state index is 0.245. The number of nitrogens with one attached hydrogen (secondary N) is 2. The Morgan fingerprint density at radius 1 is 1.00 bits per heavy atom. The van der Waals surface area contributed by atoms with Gasteiger partial charge in [0.25, 0.3) is 11.3 Å². The maximum Gasteiger partial charge on any atom is 0.274 e. The van der Waals surface area contributed by atoms with E-state index in [1.165, 1.54) is 10.6 Å². The lowest BCUT2D eigenvalue weighted by Gasteiger charge is -2.07. The lowest BCUT2D eigenvalue weighted by atomic mass is 10.1. The van der Waals surface area contributed by atoms with Gasteiger partial charge in [-0.15, -0.1) is 0 Å². The highest BCUT2D eigenvalue weighted by Gasteiger charge is 2.10.